The van der Waals surface area contributed by atoms with Crippen LogP contribution in [0.4, 0.5) is 18.0 Å². The maximum Gasteiger partial charge on any atom is 0.410 e. The molecule has 1 N–H and O–H groups in total. The van der Waals surface area contributed by atoms with E-state index in [0.717, 1.165) is 0 Å². The van der Waals surface area contributed by atoms with Gasteiger partial charge in [-0.25, -0.2) is 18.0 Å². The van der Waals surface area contributed by atoms with Crippen LogP contribution in [0, 0.1) is 5.82 Å². The van der Waals surface area contributed by atoms with E-state index in [9.17, 15) is 22.5 Å². The Balaban J connectivity index is 1.96. The molecule has 11 heteroatoms. The first-order chi connectivity index (χ1) is 15.1. The number of fused-ring (bicyclic) bond motifs is 1. The molecule has 2 heterocycles. The lowest BCUT2D eigenvalue weighted by Gasteiger charge is -2.40. The van der Waals surface area contributed by atoms with Crippen LogP contribution in [0.1, 0.15) is 59.2 Å². The minimum absolute atomic E-state index is 0.153. The normalized spacial score (nSPS) is 17.4. The SMILES string of the molecule is CC(C)(C)OC(=O)N1CC(n2cc(C(N[S@@+]([O-])C(C)(C)C)C(F)F)c3cc(F)c(Br)cc32)C1. The molecule has 0 bridgehead atoms. The topological polar surface area (TPSA) is 69.6 Å². The van der Waals surface area contributed by atoms with Crippen LogP contribution in [0.5, 0.6) is 0 Å². The van der Waals surface area contributed by atoms with Crippen molar-refractivity contribution in [1.29, 1.82) is 0 Å². The Labute approximate surface area is 203 Å². The monoisotopic (exact) mass is 551 g/mol. The molecule has 1 saturated heterocycles. The number of amides is 1. The van der Waals surface area contributed by atoms with E-state index in [1.807, 2.05) is 0 Å². The summed E-state index contributed by atoms with van der Waals surface area (Å²) >= 11 is 1.40. The van der Waals surface area contributed by atoms with Crippen molar-refractivity contribution in [3.05, 3.63) is 34.2 Å². The van der Waals surface area contributed by atoms with Gasteiger partial charge in [-0.15, -0.1) is 4.72 Å². The molecule has 2 aromatic rings. The lowest BCUT2D eigenvalue weighted by atomic mass is 10.1. The molecule has 1 aliphatic rings. The standard InChI is InChI=1S/C22H29BrF3N3O3S/c1-21(2,3)32-20(30)28-9-12(10-28)29-11-14(13-7-16(24)15(23)8-17(13)29)18(19(25)26)27-33(31)22(4,5)6/h7-8,11-12,18-19,27H,9-10H2,1-6H3/t18?,33-/m0/s1. The Morgan fingerprint density at radius 3 is 2.36 bits per heavy atom. The number of aromatic nitrogens is 1. The number of nitrogens with one attached hydrogen (secondary N) is 1. The molecule has 1 aromatic carbocycles. The first-order valence-electron chi connectivity index (χ1n) is 10.5. The Bertz CT molecular complexity index is 1030. The molecule has 1 aromatic heterocycles. The molecule has 1 aliphatic heterocycles. The van der Waals surface area contributed by atoms with Gasteiger partial charge in [-0.2, -0.15) is 0 Å². The average molecular weight is 552 g/mol. The molecule has 6 nitrogen and oxygen atoms in total. The number of ether oxygens (including phenoxy) is 1. The predicted octanol–water partition coefficient (Wildman–Crippen LogP) is 5.69. The fourth-order valence-electron chi connectivity index (χ4n) is 3.47. The van der Waals surface area contributed by atoms with Crippen molar-refractivity contribution >= 4 is 44.3 Å². The zero-order valence-corrected chi connectivity index (χ0v) is 21.8. The molecule has 0 aliphatic carbocycles. The van der Waals surface area contributed by atoms with Crippen molar-refractivity contribution in [1.82, 2.24) is 14.2 Å². The molecule has 1 unspecified atom stereocenters. The summed E-state index contributed by atoms with van der Waals surface area (Å²) in [5, 5.41) is 0.301. The quantitative estimate of drug-likeness (QED) is 0.484. The van der Waals surface area contributed by atoms with Gasteiger partial charge in [0.2, 0.25) is 0 Å². The number of alkyl halides is 2. The van der Waals surface area contributed by atoms with Gasteiger partial charge in [0.25, 0.3) is 6.43 Å². The Kier molecular flexibility index (Phi) is 7.39. The van der Waals surface area contributed by atoms with Gasteiger partial charge >= 0.3 is 6.09 Å². The zero-order valence-electron chi connectivity index (χ0n) is 19.4. The number of carbonyl (C=O) groups is 1. The van der Waals surface area contributed by atoms with Crippen LogP contribution in [-0.4, -0.2) is 50.0 Å². The van der Waals surface area contributed by atoms with Gasteiger partial charge in [0.1, 0.15) is 22.2 Å². The second-order valence-electron chi connectivity index (χ2n) is 10.1. The number of hydrogen-bond acceptors (Lipinski definition) is 4. The summed E-state index contributed by atoms with van der Waals surface area (Å²) < 4.78 is 64.3. The first-order valence-corrected chi connectivity index (χ1v) is 12.5. The van der Waals surface area contributed by atoms with Crippen molar-refractivity contribution < 1.29 is 27.3 Å². The molecular weight excluding hydrogens is 523 g/mol. The van der Waals surface area contributed by atoms with Crippen LogP contribution >= 0.6 is 15.9 Å². The highest BCUT2D eigenvalue weighted by Crippen LogP contribution is 2.37. The molecule has 33 heavy (non-hydrogen) atoms. The van der Waals surface area contributed by atoms with E-state index >= 15 is 0 Å². The Morgan fingerprint density at radius 2 is 1.85 bits per heavy atom. The van der Waals surface area contributed by atoms with Crippen LogP contribution in [0.25, 0.3) is 10.9 Å². The second-order valence-corrected chi connectivity index (χ2v) is 13.0. The first kappa shape index (κ1) is 26.2. The predicted molar refractivity (Wildman–Crippen MR) is 126 cm³/mol. The number of carbonyl (C=O) groups excluding carboxylic acids is 1. The van der Waals surface area contributed by atoms with Gasteiger partial charge in [0, 0.05) is 41.6 Å². The van der Waals surface area contributed by atoms with E-state index < -0.39 is 46.1 Å². The van der Waals surface area contributed by atoms with E-state index in [-0.39, 0.29) is 16.1 Å². The van der Waals surface area contributed by atoms with E-state index in [4.69, 9.17) is 4.74 Å². The summed E-state index contributed by atoms with van der Waals surface area (Å²) in [6, 6.07) is 0.981. The van der Waals surface area contributed by atoms with Crippen molar-refractivity contribution in [2.75, 3.05) is 13.1 Å². The third-order valence-corrected chi connectivity index (χ3v) is 7.38. The largest absolute Gasteiger partial charge is 0.598 e. The molecule has 0 saturated carbocycles. The minimum Gasteiger partial charge on any atom is -0.598 e. The van der Waals surface area contributed by atoms with Crippen LogP contribution < -0.4 is 4.72 Å². The van der Waals surface area contributed by atoms with Crippen molar-refractivity contribution in [2.24, 2.45) is 0 Å². The van der Waals surface area contributed by atoms with Crippen LogP contribution in [0.2, 0.25) is 0 Å². The van der Waals surface area contributed by atoms with Crippen LogP contribution in [0.3, 0.4) is 0 Å². The minimum atomic E-state index is -2.87. The lowest BCUT2D eigenvalue weighted by Crippen LogP contribution is -2.52. The van der Waals surface area contributed by atoms with Crippen LogP contribution in [0.15, 0.2) is 22.8 Å². The number of benzene rings is 1. The Hall–Kier alpha value is -1.43. The highest BCUT2D eigenvalue weighted by Gasteiger charge is 2.39. The van der Waals surface area contributed by atoms with E-state index in [1.165, 1.54) is 23.2 Å². The second kappa shape index (κ2) is 9.31. The fourth-order valence-corrected chi connectivity index (χ4v) is 4.61. The highest BCUT2D eigenvalue weighted by atomic mass is 79.9. The third kappa shape index (κ3) is 5.80. The number of halogens is 4. The van der Waals surface area contributed by atoms with Gasteiger partial charge < -0.3 is 18.8 Å². The highest BCUT2D eigenvalue weighted by molar-refractivity contribution is 9.10. The van der Waals surface area contributed by atoms with Gasteiger partial charge in [-0.3, -0.25) is 0 Å². The average Bonchev–Trinajstić information content (AvgIpc) is 2.94. The van der Waals surface area contributed by atoms with Gasteiger partial charge in [0.05, 0.1) is 16.0 Å². The third-order valence-electron chi connectivity index (χ3n) is 5.19. The molecule has 1 amide bonds. The van der Waals surface area contributed by atoms with Crippen molar-refractivity contribution in [3.8, 4) is 0 Å². The summed E-state index contributed by atoms with van der Waals surface area (Å²) in [5.41, 5.74) is 0.0670. The van der Waals surface area contributed by atoms with E-state index in [1.54, 1.807) is 46.1 Å². The fraction of sp³-hybridized carbons (Fsp3) is 0.591. The molecular formula is C22H29BrF3N3O3S. The Morgan fingerprint density at radius 1 is 1.24 bits per heavy atom. The number of hydrogen-bond donors (Lipinski definition) is 1. The van der Waals surface area contributed by atoms with Gasteiger partial charge in [-0.05, 0) is 69.6 Å². The van der Waals surface area contributed by atoms with Crippen molar-refractivity contribution in [3.63, 3.8) is 0 Å². The molecule has 184 valence electrons. The summed E-state index contributed by atoms with van der Waals surface area (Å²) in [5.74, 6) is -0.588. The molecule has 1 fully saturated rings. The number of rotatable bonds is 5. The summed E-state index contributed by atoms with van der Waals surface area (Å²) in [4.78, 5) is 13.8. The number of nitrogens with zero attached hydrogens (tertiary/aromatic N) is 2. The molecule has 0 radical (unpaired) electrons. The molecule has 2 atom stereocenters. The van der Waals surface area contributed by atoms with Gasteiger partial charge in [0.15, 0.2) is 0 Å². The summed E-state index contributed by atoms with van der Waals surface area (Å²) in [6.07, 6.45) is -1.78. The molecule has 3 rings (SSSR count). The van der Waals surface area contributed by atoms with Crippen molar-refractivity contribution in [2.45, 2.75) is 70.4 Å². The number of likely N-dealkylation sites (tertiary alicyclic amines) is 1. The summed E-state index contributed by atoms with van der Waals surface area (Å²) in [7, 11) is 0. The van der Waals surface area contributed by atoms with E-state index in [0.29, 0.717) is 24.0 Å². The summed E-state index contributed by atoms with van der Waals surface area (Å²) in [6.45, 7) is 11.0. The zero-order chi connectivity index (χ0) is 24.9. The van der Waals surface area contributed by atoms with E-state index in [2.05, 4.69) is 20.7 Å². The maximum absolute atomic E-state index is 14.4. The lowest BCUT2D eigenvalue weighted by molar-refractivity contribution is 0.00155. The van der Waals surface area contributed by atoms with Gasteiger partial charge in [-0.1, -0.05) is 0 Å². The smallest absolute Gasteiger partial charge is 0.410 e. The van der Waals surface area contributed by atoms with Crippen LogP contribution in [-0.2, 0) is 16.1 Å². The maximum atomic E-state index is 14.4. The molecule has 0 spiro atoms.